The number of phenolic OH excluding ortho intramolecular Hbond substituents is 3. The number of carbonyl (C=O) groups excluding carboxylic acids is 3. The monoisotopic (exact) mass is 564 g/mol. The lowest BCUT2D eigenvalue weighted by atomic mass is 9.95. The second-order valence-electron chi connectivity index (χ2n) is 9.32. The molecule has 2 unspecified atom stereocenters. The van der Waals surface area contributed by atoms with Gasteiger partial charge in [-0.25, -0.2) is 9.59 Å². The maximum atomic E-state index is 13.1. The number of esters is 1. The molecule has 1 amide bonds. The van der Waals surface area contributed by atoms with Gasteiger partial charge in [-0.3, -0.25) is 9.59 Å². The zero-order valence-corrected chi connectivity index (χ0v) is 21.9. The van der Waals surface area contributed by atoms with Crippen molar-refractivity contribution in [1.82, 2.24) is 10.6 Å². The molecule has 0 radical (unpaired) electrons. The van der Waals surface area contributed by atoms with Crippen molar-refractivity contribution in [2.75, 3.05) is 20.2 Å². The van der Waals surface area contributed by atoms with Crippen LogP contribution >= 0.6 is 0 Å². The van der Waals surface area contributed by atoms with Crippen LogP contribution in [0.1, 0.15) is 59.8 Å². The highest BCUT2D eigenvalue weighted by molar-refractivity contribution is 6.18. The summed E-state index contributed by atoms with van der Waals surface area (Å²) in [5.74, 6) is -5.71. The van der Waals surface area contributed by atoms with Crippen LogP contribution in [0.25, 0.3) is 0 Å². The Labute approximate surface area is 234 Å². The number of hydrogen-bond acceptors (Lipinski definition) is 10. The van der Waals surface area contributed by atoms with E-state index in [2.05, 4.69) is 10.6 Å². The fourth-order valence-electron chi connectivity index (χ4n) is 4.55. The normalized spacial score (nSPS) is 16.7. The van der Waals surface area contributed by atoms with Crippen molar-refractivity contribution in [2.45, 2.75) is 25.0 Å². The van der Waals surface area contributed by atoms with Gasteiger partial charge in [0.15, 0.2) is 0 Å². The Balaban J connectivity index is 1.54. The molecule has 12 nitrogen and oxygen atoms in total. The number of ether oxygens (including phenoxy) is 2. The maximum absolute atomic E-state index is 13.1. The van der Waals surface area contributed by atoms with E-state index in [0.29, 0.717) is 37.2 Å². The number of rotatable bonds is 8. The number of methoxy groups -OCH3 is 1. The van der Waals surface area contributed by atoms with E-state index in [0.717, 1.165) is 24.3 Å². The van der Waals surface area contributed by atoms with Crippen molar-refractivity contribution in [3.63, 3.8) is 0 Å². The van der Waals surface area contributed by atoms with Gasteiger partial charge in [-0.15, -0.1) is 0 Å². The van der Waals surface area contributed by atoms with E-state index >= 15 is 0 Å². The summed E-state index contributed by atoms with van der Waals surface area (Å²) in [7, 11) is 1.51. The largest absolute Gasteiger partial charge is 0.507 e. The van der Waals surface area contributed by atoms with Gasteiger partial charge < -0.3 is 40.5 Å². The standard InChI is InChI=1S/C29H28N2O10/c1-40-17-9-7-15(8-10-17)27(36)31-19-14-30-11-3-6-23(19)41-29(39)16-12-21(33)25(22(34)13-16)26(35)24-18(28(37)38)4-2-5-20(24)32/h2,4-5,7-10,12-13,19,23,30,32-34H,3,6,11,14H2,1H3,(H,31,36)(H,37,38). The van der Waals surface area contributed by atoms with Gasteiger partial charge in [0.2, 0.25) is 5.78 Å². The predicted molar refractivity (Wildman–Crippen MR) is 144 cm³/mol. The number of amides is 1. The molecule has 6 N–H and O–H groups in total. The van der Waals surface area contributed by atoms with E-state index in [4.69, 9.17) is 9.47 Å². The highest BCUT2D eigenvalue weighted by atomic mass is 16.5. The van der Waals surface area contributed by atoms with Crippen LogP contribution in [0.5, 0.6) is 23.0 Å². The average molecular weight is 565 g/mol. The Morgan fingerprint density at radius 1 is 0.902 bits per heavy atom. The average Bonchev–Trinajstić information content (AvgIpc) is 3.16. The lowest BCUT2D eigenvalue weighted by Gasteiger charge is -2.26. The molecule has 4 rings (SSSR count). The second-order valence-corrected chi connectivity index (χ2v) is 9.32. The van der Waals surface area contributed by atoms with Gasteiger partial charge >= 0.3 is 11.9 Å². The van der Waals surface area contributed by atoms with Crippen LogP contribution in [-0.4, -0.2) is 76.4 Å². The van der Waals surface area contributed by atoms with Gasteiger partial charge in [0, 0.05) is 12.1 Å². The minimum absolute atomic E-state index is 0.287. The number of benzene rings is 3. The van der Waals surface area contributed by atoms with E-state index in [-0.39, 0.29) is 11.5 Å². The number of hydrogen-bond donors (Lipinski definition) is 6. The highest BCUT2D eigenvalue weighted by Crippen LogP contribution is 2.35. The predicted octanol–water partition coefficient (Wildman–Crippen LogP) is 2.45. The number of ketones is 1. The first-order chi connectivity index (χ1) is 19.6. The Kier molecular flexibility index (Phi) is 8.73. The van der Waals surface area contributed by atoms with Crippen LogP contribution in [0.15, 0.2) is 54.6 Å². The van der Waals surface area contributed by atoms with Crippen LogP contribution < -0.4 is 15.4 Å². The zero-order valence-electron chi connectivity index (χ0n) is 21.9. The molecule has 1 aliphatic rings. The van der Waals surface area contributed by atoms with Crippen molar-refractivity contribution >= 4 is 23.6 Å². The van der Waals surface area contributed by atoms with Gasteiger partial charge in [-0.05, 0) is 67.9 Å². The molecule has 41 heavy (non-hydrogen) atoms. The quantitative estimate of drug-likeness (QED) is 0.174. The van der Waals surface area contributed by atoms with Crippen molar-refractivity contribution in [1.29, 1.82) is 0 Å². The third-order valence-electron chi connectivity index (χ3n) is 6.64. The third-order valence-corrected chi connectivity index (χ3v) is 6.64. The summed E-state index contributed by atoms with van der Waals surface area (Å²) in [6.45, 7) is 0.947. The molecule has 12 heteroatoms. The third kappa shape index (κ3) is 6.39. The summed E-state index contributed by atoms with van der Waals surface area (Å²) in [6.07, 6.45) is 0.291. The van der Waals surface area contributed by atoms with Crippen LogP contribution in [0.2, 0.25) is 0 Å². The van der Waals surface area contributed by atoms with E-state index < -0.39 is 63.8 Å². The first-order valence-electron chi connectivity index (χ1n) is 12.6. The van der Waals surface area contributed by atoms with Crippen molar-refractivity contribution < 1.29 is 49.1 Å². The number of phenols is 3. The number of carbonyl (C=O) groups is 4. The Hall–Kier alpha value is -5.10. The van der Waals surface area contributed by atoms with Gasteiger partial charge in [0.1, 0.15) is 34.7 Å². The molecule has 1 fully saturated rings. The lowest BCUT2D eigenvalue weighted by molar-refractivity contribution is 0.0191. The second kappa shape index (κ2) is 12.4. The van der Waals surface area contributed by atoms with Crippen molar-refractivity contribution in [3.8, 4) is 23.0 Å². The summed E-state index contributed by atoms with van der Waals surface area (Å²) >= 11 is 0. The summed E-state index contributed by atoms with van der Waals surface area (Å²) in [6, 6.07) is 11.1. The number of aromatic hydroxyl groups is 3. The fourth-order valence-corrected chi connectivity index (χ4v) is 4.55. The van der Waals surface area contributed by atoms with Crippen molar-refractivity contribution in [2.24, 2.45) is 0 Å². The van der Waals surface area contributed by atoms with Crippen LogP contribution in [-0.2, 0) is 4.74 Å². The molecule has 0 aliphatic carbocycles. The molecular weight excluding hydrogens is 536 g/mol. The number of carboxylic acids is 1. The van der Waals surface area contributed by atoms with Crippen LogP contribution in [0.4, 0.5) is 0 Å². The first kappa shape index (κ1) is 28.9. The molecular formula is C29H28N2O10. The Morgan fingerprint density at radius 3 is 2.22 bits per heavy atom. The van der Waals surface area contributed by atoms with E-state index in [1.807, 2.05) is 0 Å². The molecule has 0 aromatic heterocycles. The van der Waals surface area contributed by atoms with E-state index in [9.17, 15) is 39.6 Å². The van der Waals surface area contributed by atoms with E-state index in [1.54, 1.807) is 24.3 Å². The zero-order chi connectivity index (χ0) is 29.7. The molecule has 1 saturated heterocycles. The summed E-state index contributed by atoms with van der Waals surface area (Å²) in [5.41, 5.74) is -1.78. The van der Waals surface area contributed by atoms with Gasteiger partial charge in [-0.2, -0.15) is 0 Å². The summed E-state index contributed by atoms with van der Waals surface area (Å²) in [5, 5.41) is 46.7. The van der Waals surface area contributed by atoms with Gasteiger partial charge in [0.25, 0.3) is 5.91 Å². The SMILES string of the molecule is COc1ccc(C(=O)NC2CNCCCC2OC(=O)c2cc(O)c(C(=O)c3c(O)cccc3C(=O)O)c(O)c2)cc1. The smallest absolute Gasteiger partial charge is 0.338 e. The number of aromatic carboxylic acids is 1. The van der Waals surface area contributed by atoms with Gasteiger partial charge in [-0.1, -0.05) is 6.07 Å². The molecule has 2 atom stereocenters. The Morgan fingerprint density at radius 2 is 1.59 bits per heavy atom. The minimum atomic E-state index is -1.50. The Bertz CT molecular complexity index is 1460. The molecule has 1 aliphatic heterocycles. The van der Waals surface area contributed by atoms with Crippen molar-refractivity contribution in [3.05, 3.63) is 82.4 Å². The maximum Gasteiger partial charge on any atom is 0.338 e. The first-order valence-corrected chi connectivity index (χ1v) is 12.6. The number of carboxylic acid groups (broad SMARTS) is 1. The molecule has 3 aromatic carbocycles. The van der Waals surface area contributed by atoms with Gasteiger partial charge in [0.05, 0.1) is 29.8 Å². The summed E-state index contributed by atoms with van der Waals surface area (Å²) in [4.78, 5) is 50.5. The van der Waals surface area contributed by atoms with Crippen LogP contribution in [0, 0.1) is 0 Å². The molecule has 1 heterocycles. The molecule has 214 valence electrons. The molecule has 3 aromatic rings. The van der Waals surface area contributed by atoms with Crippen LogP contribution in [0.3, 0.4) is 0 Å². The highest BCUT2D eigenvalue weighted by Gasteiger charge is 2.31. The lowest BCUT2D eigenvalue weighted by Crippen LogP contribution is -2.49. The molecule has 0 bridgehead atoms. The molecule has 0 saturated carbocycles. The summed E-state index contributed by atoms with van der Waals surface area (Å²) < 4.78 is 10.8. The fraction of sp³-hybridized carbons (Fsp3) is 0.241. The van der Waals surface area contributed by atoms with E-state index in [1.165, 1.54) is 13.2 Å². The minimum Gasteiger partial charge on any atom is -0.507 e. The topological polar surface area (TPSA) is 192 Å². The molecule has 0 spiro atoms. The number of nitrogens with one attached hydrogen (secondary N) is 2.